The van der Waals surface area contributed by atoms with Crippen molar-refractivity contribution in [2.45, 2.75) is 13.3 Å². The van der Waals surface area contributed by atoms with Gasteiger partial charge in [0.15, 0.2) is 17.2 Å². The van der Waals surface area contributed by atoms with Crippen LogP contribution in [0.3, 0.4) is 0 Å². The Hall–Kier alpha value is -2.43. The minimum atomic E-state index is -0.388. The Kier molecular flexibility index (Phi) is 2.67. The lowest BCUT2D eigenvalue weighted by molar-refractivity contribution is 0.567. The molecule has 4 nitrogen and oxygen atoms in total. The van der Waals surface area contributed by atoms with Crippen molar-refractivity contribution in [3.8, 4) is 11.5 Å². The molecule has 0 unspecified atom stereocenters. The van der Waals surface area contributed by atoms with Crippen LogP contribution in [0.15, 0.2) is 34.7 Å². The zero-order valence-corrected chi connectivity index (χ0v) is 10.4. The molecule has 0 aliphatic rings. The van der Waals surface area contributed by atoms with Crippen LogP contribution in [0.4, 0.5) is 10.2 Å². The number of furan rings is 1. The number of aryl methyl sites for hydroxylation is 1. The van der Waals surface area contributed by atoms with E-state index in [1.165, 1.54) is 6.07 Å². The number of nitrogens with two attached hydrogens (primary N) is 1. The van der Waals surface area contributed by atoms with E-state index in [2.05, 4.69) is 9.97 Å². The molecule has 0 amide bonds. The Bertz CT molecular complexity index is 752. The summed E-state index contributed by atoms with van der Waals surface area (Å²) < 4.78 is 19.1. The summed E-state index contributed by atoms with van der Waals surface area (Å²) in [6, 6.07) is 8.16. The van der Waals surface area contributed by atoms with Crippen LogP contribution >= 0.6 is 0 Å². The van der Waals surface area contributed by atoms with Gasteiger partial charge in [-0.2, -0.15) is 0 Å². The quantitative estimate of drug-likeness (QED) is 0.765. The van der Waals surface area contributed by atoms with E-state index in [0.717, 1.165) is 0 Å². The molecule has 3 aromatic rings. The summed E-state index contributed by atoms with van der Waals surface area (Å²) in [5, 5.41) is 0.699. The van der Waals surface area contributed by atoms with Gasteiger partial charge in [0.25, 0.3) is 0 Å². The highest BCUT2D eigenvalue weighted by atomic mass is 19.1. The Morgan fingerprint density at radius 3 is 2.84 bits per heavy atom. The lowest BCUT2D eigenvalue weighted by Crippen LogP contribution is -1.99. The van der Waals surface area contributed by atoms with E-state index in [1.807, 2.05) is 6.92 Å². The van der Waals surface area contributed by atoms with Gasteiger partial charge in [-0.1, -0.05) is 19.1 Å². The molecule has 2 N–H and O–H groups in total. The maximum atomic E-state index is 13.6. The lowest BCUT2D eigenvalue weighted by atomic mass is 10.2. The first-order valence-corrected chi connectivity index (χ1v) is 5.99. The van der Waals surface area contributed by atoms with Crippen LogP contribution in [0.5, 0.6) is 0 Å². The first kappa shape index (κ1) is 11.6. The maximum Gasteiger partial charge on any atom is 0.170 e. The molecule has 0 aliphatic carbocycles. The highest BCUT2D eigenvalue weighted by Crippen LogP contribution is 2.28. The largest absolute Gasteiger partial charge is 0.451 e. The summed E-state index contributed by atoms with van der Waals surface area (Å²) >= 11 is 0. The number of para-hydroxylation sites is 1. The van der Waals surface area contributed by atoms with Gasteiger partial charge in [-0.3, -0.25) is 0 Å². The molecular weight excluding hydrogens is 245 g/mol. The van der Waals surface area contributed by atoms with Crippen molar-refractivity contribution >= 4 is 16.8 Å². The molecule has 0 radical (unpaired) electrons. The van der Waals surface area contributed by atoms with Crippen LogP contribution in [0.1, 0.15) is 12.7 Å². The Morgan fingerprint density at radius 2 is 2.11 bits per heavy atom. The summed E-state index contributed by atoms with van der Waals surface area (Å²) in [6.07, 6.45) is 0.673. The van der Waals surface area contributed by atoms with E-state index in [0.29, 0.717) is 34.9 Å². The van der Waals surface area contributed by atoms with E-state index >= 15 is 0 Å². The van der Waals surface area contributed by atoms with E-state index in [-0.39, 0.29) is 11.4 Å². The van der Waals surface area contributed by atoms with Gasteiger partial charge in [-0.05, 0) is 12.1 Å². The van der Waals surface area contributed by atoms with E-state index in [4.69, 9.17) is 10.2 Å². The summed E-state index contributed by atoms with van der Waals surface area (Å²) in [5.74, 6) is 1.11. The number of halogens is 1. The van der Waals surface area contributed by atoms with Gasteiger partial charge < -0.3 is 10.2 Å². The second-order valence-electron chi connectivity index (χ2n) is 4.22. The van der Waals surface area contributed by atoms with Crippen molar-refractivity contribution in [1.82, 2.24) is 9.97 Å². The second kappa shape index (κ2) is 4.35. The van der Waals surface area contributed by atoms with Crippen LogP contribution in [0, 0.1) is 5.82 Å². The zero-order valence-electron chi connectivity index (χ0n) is 10.4. The first-order chi connectivity index (χ1) is 9.17. The highest BCUT2D eigenvalue weighted by molar-refractivity contribution is 5.82. The van der Waals surface area contributed by atoms with Crippen molar-refractivity contribution in [3.63, 3.8) is 0 Å². The summed E-state index contributed by atoms with van der Waals surface area (Å²) in [5.41, 5.74) is 6.53. The molecule has 0 atom stereocenters. The van der Waals surface area contributed by atoms with Crippen LogP contribution < -0.4 is 5.73 Å². The van der Waals surface area contributed by atoms with Gasteiger partial charge in [0, 0.05) is 17.9 Å². The second-order valence-corrected chi connectivity index (χ2v) is 4.22. The van der Waals surface area contributed by atoms with Gasteiger partial charge >= 0.3 is 0 Å². The van der Waals surface area contributed by atoms with Crippen LogP contribution in [0.25, 0.3) is 22.4 Å². The van der Waals surface area contributed by atoms with E-state index < -0.39 is 0 Å². The van der Waals surface area contributed by atoms with Gasteiger partial charge in [-0.25, -0.2) is 14.4 Å². The van der Waals surface area contributed by atoms with E-state index in [9.17, 15) is 4.39 Å². The fraction of sp³-hybridized carbons (Fsp3) is 0.143. The molecule has 2 aromatic heterocycles. The predicted molar refractivity (Wildman–Crippen MR) is 71.0 cm³/mol. The molecule has 0 aliphatic heterocycles. The number of hydrogen-bond acceptors (Lipinski definition) is 4. The number of hydrogen-bond donors (Lipinski definition) is 1. The summed E-state index contributed by atoms with van der Waals surface area (Å²) in [7, 11) is 0. The zero-order chi connectivity index (χ0) is 13.4. The number of anilines is 1. The molecule has 96 valence electrons. The van der Waals surface area contributed by atoms with E-state index in [1.54, 1.807) is 24.3 Å². The van der Waals surface area contributed by atoms with Gasteiger partial charge in [0.2, 0.25) is 0 Å². The summed E-state index contributed by atoms with van der Waals surface area (Å²) in [4.78, 5) is 8.44. The number of aromatic nitrogens is 2. The van der Waals surface area contributed by atoms with Crippen molar-refractivity contribution in [2.24, 2.45) is 0 Å². The monoisotopic (exact) mass is 257 g/mol. The number of nitrogen functional groups attached to an aromatic ring is 1. The smallest absolute Gasteiger partial charge is 0.170 e. The fourth-order valence-electron chi connectivity index (χ4n) is 1.96. The van der Waals surface area contributed by atoms with Crippen molar-refractivity contribution in [3.05, 3.63) is 42.0 Å². The highest BCUT2D eigenvalue weighted by Gasteiger charge is 2.12. The van der Waals surface area contributed by atoms with Gasteiger partial charge in [-0.15, -0.1) is 0 Å². The molecule has 0 saturated carbocycles. The number of nitrogens with zero attached hydrogens (tertiary/aromatic N) is 2. The number of benzene rings is 1. The summed E-state index contributed by atoms with van der Waals surface area (Å²) in [6.45, 7) is 1.94. The van der Waals surface area contributed by atoms with Crippen molar-refractivity contribution in [2.75, 3.05) is 5.73 Å². The maximum absolute atomic E-state index is 13.6. The first-order valence-electron chi connectivity index (χ1n) is 5.99. The average Bonchev–Trinajstić information content (AvgIpc) is 2.83. The molecule has 0 fully saturated rings. The average molecular weight is 257 g/mol. The van der Waals surface area contributed by atoms with Gasteiger partial charge in [0.1, 0.15) is 17.3 Å². The SMILES string of the molecule is CCc1nc(N)cc(-c2cc3cccc(F)c3o2)n1. The van der Waals surface area contributed by atoms with Gasteiger partial charge in [0.05, 0.1) is 0 Å². The third kappa shape index (κ3) is 2.03. The topological polar surface area (TPSA) is 64.9 Å². The molecule has 0 bridgehead atoms. The molecule has 0 spiro atoms. The molecular formula is C14H12FN3O. The predicted octanol–water partition coefficient (Wildman–Crippen LogP) is 3.17. The van der Waals surface area contributed by atoms with Crippen molar-refractivity contribution in [1.29, 1.82) is 0 Å². The molecule has 5 heteroatoms. The number of rotatable bonds is 2. The Labute approximate surface area is 109 Å². The van der Waals surface area contributed by atoms with Crippen LogP contribution in [-0.2, 0) is 6.42 Å². The van der Waals surface area contributed by atoms with Crippen LogP contribution in [0.2, 0.25) is 0 Å². The normalized spacial score (nSPS) is 11.1. The molecule has 19 heavy (non-hydrogen) atoms. The third-order valence-corrected chi connectivity index (χ3v) is 2.86. The lowest BCUT2D eigenvalue weighted by Gasteiger charge is -2.01. The number of fused-ring (bicyclic) bond motifs is 1. The Morgan fingerprint density at radius 1 is 1.26 bits per heavy atom. The molecule has 1 aromatic carbocycles. The standard InChI is InChI=1S/C14H12FN3O/c1-2-13-17-10(7-12(16)18-13)11-6-8-4-3-5-9(15)14(8)19-11/h3-7H,2H2,1H3,(H2,16,17,18). The molecule has 2 heterocycles. The third-order valence-electron chi connectivity index (χ3n) is 2.86. The Balaban J connectivity index is 2.19. The minimum Gasteiger partial charge on any atom is -0.451 e. The fourth-order valence-corrected chi connectivity index (χ4v) is 1.96. The minimum absolute atomic E-state index is 0.229. The molecule has 0 saturated heterocycles. The van der Waals surface area contributed by atoms with Crippen LogP contribution in [-0.4, -0.2) is 9.97 Å². The van der Waals surface area contributed by atoms with Crippen molar-refractivity contribution < 1.29 is 8.81 Å². The molecule has 3 rings (SSSR count).